The van der Waals surface area contributed by atoms with Gasteiger partial charge in [-0.25, -0.2) is 8.42 Å². The number of nitrogens with one attached hydrogen (secondary N) is 2. The van der Waals surface area contributed by atoms with Crippen molar-refractivity contribution >= 4 is 38.9 Å². The van der Waals surface area contributed by atoms with Gasteiger partial charge in [0.2, 0.25) is 15.9 Å². The Morgan fingerprint density at radius 1 is 1.15 bits per heavy atom. The molecule has 0 radical (unpaired) electrons. The highest BCUT2D eigenvalue weighted by Crippen LogP contribution is 2.24. The highest BCUT2D eigenvalue weighted by Gasteiger charge is 2.22. The second kappa shape index (κ2) is 7.40. The fraction of sp³-hybridized carbons (Fsp3) is 0.263. The molecule has 7 nitrogen and oxygen atoms in total. The number of anilines is 3. The molecule has 0 unspecified atom stereocenters. The molecule has 8 heteroatoms. The van der Waals surface area contributed by atoms with Crippen LogP contribution in [0.3, 0.4) is 0 Å². The maximum atomic E-state index is 12.6. The summed E-state index contributed by atoms with van der Waals surface area (Å²) in [5.41, 5.74) is 2.75. The van der Waals surface area contributed by atoms with Gasteiger partial charge in [0.15, 0.2) is 0 Å². The van der Waals surface area contributed by atoms with E-state index < -0.39 is 10.0 Å². The van der Waals surface area contributed by atoms with Crippen molar-refractivity contribution in [1.82, 2.24) is 0 Å². The van der Waals surface area contributed by atoms with Gasteiger partial charge in [0.1, 0.15) is 0 Å². The third-order valence-corrected chi connectivity index (χ3v) is 4.87. The minimum Gasteiger partial charge on any atom is -0.322 e. The lowest BCUT2D eigenvalue weighted by molar-refractivity contribution is -0.117. The number of nitrogens with zero attached hydrogens (tertiary/aromatic N) is 1. The summed E-state index contributed by atoms with van der Waals surface area (Å²) in [4.78, 5) is 26.2. The van der Waals surface area contributed by atoms with E-state index in [-0.39, 0.29) is 11.8 Å². The van der Waals surface area contributed by atoms with Gasteiger partial charge < -0.3 is 10.2 Å². The molecule has 142 valence electrons. The third kappa shape index (κ3) is 4.65. The van der Waals surface area contributed by atoms with Gasteiger partial charge in [0, 0.05) is 29.9 Å². The van der Waals surface area contributed by atoms with Crippen LogP contribution in [0, 0.1) is 6.92 Å². The Hall–Kier alpha value is -2.87. The highest BCUT2D eigenvalue weighted by molar-refractivity contribution is 7.92. The molecule has 2 amide bonds. The standard InChI is InChI=1S/C19H21N3O4S/c1-13-8-9-15(12-17(13)21-27(2,25)26)20-19(24)14-5-3-6-16(11-14)22-10-4-7-18(22)23/h3,5-6,8-9,11-12,21H,4,7,10H2,1-2H3,(H,20,24). The zero-order valence-corrected chi connectivity index (χ0v) is 16.0. The van der Waals surface area contributed by atoms with Crippen LogP contribution in [0.25, 0.3) is 0 Å². The lowest BCUT2D eigenvalue weighted by atomic mass is 10.1. The summed E-state index contributed by atoms with van der Waals surface area (Å²) in [6, 6.07) is 11.9. The highest BCUT2D eigenvalue weighted by atomic mass is 32.2. The average molecular weight is 387 g/mol. The first-order chi connectivity index (χ1) is 12.7. The molecule has 0 saturated carbocycles. The quantitative estimate of drug-likeness (QED) is 0.825. The van der Waals surface area contributed by atoms with Gasteiger partial charge in [0.05, 0.1) is 11.9 Å². The lowest BCUT2D eigenvalue weighted by Crippen LogP contribution is -2.24. The molecule has 1 fully saturated rings. The Bertz CT molecular complexity index is 1000. The Morgan fingerprint density at radius 2 is 1.93 bits per heavy atom. The van der Waals surface area contributed by atoms with E-state index in [2.05, 4.69) is 10.0 Å². The molecule has 2 N–H and O–H groups in total. The first kappa shape index (κ1) is 18.9. The number of aryl methyl sites for hydroxylation is 1. The molecule has 1 heterocycles. The maximum absolute atomic E-state index is 12.6. The Morgan fingerprint density at radius 3 is 2.59 bits per heavy atom. The zero-order valence-electron chi connectivity index (χ0n) is 15.2. The Labute approximate surface area is 158 Å². The summed E-state index contributed by atoms with van der Waals surface area (Å²) < 4.78 is 25.4. The molecule has 0 bridgehead atoms. The number of amides is 2. The number of rotatable bonds is 5. The second-order valence-corrected chi connectivity index (χ2v) is 8.31. The number of hydrogen-bond donors (Lipinski definition) is 2. The van der Waals surface area contributed by atoms with Crippen LogP contribution in [-0.2, 0) is 14.8 Å². The van der Waals surface area contributed by atoms with E-state index in [1.807, 2.05) is 0 Å². The molecule has 2 aromatic rings. The minimum absolute atomic E-state index is 0.0579. The number of hydrogen-bond acceptors (Lipinski definition) is 4. The smallest absolute Gasteiger partial charge is 0.255 e. The number of carbonyl (C=O) groups is 2. The van der Waals surface area contributed by atoms with Crippen molar-refractivity contribution in [3.05, 3.63) is 53.6 Å². The Balaban J connectivity index is 1.80. The largest absolute Gasteiger partial charge is 0.322 e. The Kier molecular flexibility index (Phi) is 5.18. The summed E-state index contributed by atoms with van der Waals surface area (Å²) in [6.45, 7) is 2.43. The molecule has 3 rings (SSSR count). The molecule has 0 aliphatic carbocycles. The molecule has 27 heavy (non-hydrogen) atoms. The topological polar surface area (TPSA) is 95.6 Å². The summed E-state index contributed by atoms with van der Waals surface area (Å²) in [5.74, 6) is -0.278. The van der Waals surface area contributed by atoms with Crippen LogP contribution >= 0.6 is 0 Å². The number of sulfonamides is 1. The van der Waals surface area contributed by atoms with E-state index in [0.717, 1.165) is 18.2 Å². The van der Waals surface area contributed by atoms with E-state index in [1.165, 1.54) is 0 Å². The summed E-state index contributed by atoms with van der Waals surface area (Å²) >= 11 is 0. The molecule has 1 saturated heterocycles. The van der Waals surface area contributed by atoms with E-state index >= 15 is 0 Å². The van der Waals surface area contributed by atoms with Gasteiger partial charge in [-0.3, -0.25) is 14.3 Å². The van der Waals surface area contributed by atoms with Gasteiger partial charge in [0.25, 0.3) is 5.91 Å². The van der Waals surface area contributed by atoms with E-state index in [0.29, 0.717) is 35.6 Å². The van der Waals surface area contributed by atoms with Gasteiger partial charge in [-0.15, -0.1) is 0 Å². The molecule has 2 aromatic carbocycles. The van der Waals surface area contributed by atoms with Gasteiger partial charge >= 0.3 is 0 Å². The molecule has 0 atom stereocenters. The fourth-order valence-electron chi connectivity index (χ4n) is 2.95. The summed E-state index contributed by atoms with van der Waals surface area (Å²) in [6.07, 6.45) is 2.41. The maximum Gasteiger partial charge on any atom is 0.255 e. The van der Waals surface area contributed by atoms with Crippen LogP contribution in [0.15, 0.2) is 42.5 Å². The summed E-state index contributed by atoms with van der Waals surface area (Å²) in [7, 11) is -3.42. The van der Waals surface area contributed by atoms with Gasteiger partial charge in [-0.05, 0) is 49.2 Å². The predicted molar refractivity (Wildman–Crippen MR) is 106 cm³/mol. The number of carbonyl (C=O) groups excluding carboxylic acids is 2. The molecular weight excluding hydrogens is 366 g/mol. The van der Waals surface area contributed by atoms with Crippen molar-refractivity contribution < 1.29 is 18.0 Å². The van der Waals surface area contributed by atoms with Crippen molar-refractivity contribution in [2.24, 2.45) is 0 Å². The van der Waals surface area contributed by atoms with Crippen molar-refractivity contribution in [2.75, 3.05) is 27.7 Å². The van der Waals surface area contributed by atoms with Crippen molar-refractivity contribution in [1.29, 1.82) is 0 Å². The lowest BCUT2D eigenvalue weighted by Gasteiger charge is -2.16. The molecule has 1 aliphatic rings. The van der Waals surface area contributed by atoms with E-state index in [1.54, 1.807) is 54.3 Å². The van der Waals surface area contributed by atoms with E-state index in [9.17, 15) is 18.0 Å². The van der Waals surface area contributed by atoms with Crippen LogP contribution in [0.1, 0.15) is 28.8 Å². The van der Waals surface area contributed by atoms with Crippen LogP contribution in [0.5, 0.6) is 0 Å². The SMILES string of the molecule is Cc1ccc(NC(=O)c2cccc(N3CCCC3=O)c2)cc1NS(C)(=O)=O. The molecular formula is C19H21N3O4S. The fourth-order valence-corrected chi connectivity index (χ4v) is 3.57. The first-order valence-electron chi connectivity index (χ1n) is 8.53. The van der Waals surface area contributed by atoms with Crippen molar-refractivity contribution in [3.8, 4) is 0 Å². The van der Waals surface area contributed by atoms with Crippen molar-refractivity contribution in [3.63, 3.8) is 0 Å². The summed E-state index contributed by atoms with van der Waals surface area (Å²) in [5, 5.41) is 2.76. The number of benzene rings is 2. The van der Waals surface area contributed by atoms with Gasteiger partial charge in [-0.1, -0.05) is 12.1 Å². The van der Waals surface area contributed by atoms with Crippen LogP contribution < -0.4 is 14.9 Å². The first-order valence-corrected chi connectivity index (χ1v) is 10.4. The predicted octanol–water partition coefficient (Wildman–Crippen LogP) is 2.75. The normalized spacial score (nSPS) is 14.3. The zero-order chi connectivity index (χ0) is 19.6. The van der Waals surface area contributed by atoms with Crippen molar-refractivity contribution in [2.45, 2.75) is 19.8 Å². The molecule has 0 spiro atoms. The van der Waals surface area contributed by atoms with E-state index in [4.69, 9.17) is 0 Å². The molecule has 1 aliphatic heterocycles. The van der Waals surface area contributed by atoms with Crippen LogP contribution in [-0.4, -0.2) is 33.0 Å². The minimum atomic E-state index is -3.42. The van der Waals surface area contributed by atoms with Crippen LogP contribution in [0.2, 0.25) is 0 Å². The molecule has 0 aromatic heterocycles. The second-order valence-electron chi connectivity index (χ2n) is 6.56. The third-order valence-electron chi connectivity index (χ3n) is 4.28. The average Bonchev–Trinajstić information content (AvgIpc) is 3.03. The monoisotopic (exact) mass is 387 g/mol. The van der Waals surface area contributed by atoms with Gasteiger partial charge in [-0.2, -0.15) is 0 Å². The van der Waals surface area contributed by atoms with Crippen LogP contribution in [0.4, 0.5) is 17.1 Å².